The van der Waals surface area contributed by atoms with Gasteiger partial charge in [0.15, 0.2) is 0 Å². The van der Waals surface area contributed by atoms with Crippen molar-refractivity contribution < 1.29 is 9.59 Å². The van der Waals surface area contributed by atoms with Crippen LogP contribution in [0.2, 0.25) is 0 Å². The third kappa shape index (κ3) is 2.48. The van der Waals surface area contributed by atoms with Crippen LogP contribution in [0.15, 0.2) is 11.1 Å². The van der Waals surface area contributed by atoms with Gasteiger partial charge >= 0.3 is 0 Å². The molecule has 4 saturated carbocycles. The Kier molecular flexibility index (Phi) is 4.71. The minimum atomic E-state index is -0.530. The Labute approximate surface area is 196 Å². The van der Waals surface area contributed by atoms with E-state index in [1.165, 1.54) is 50.5 Å². The molecule has 2 nitrogen and oxygen atoms in total. The summed E-state index contributed by atoms with van der Waals surface area (Å²) in [4.78, 5) is 26.4. The Morgan fingerprint density at radius 2 is 1.44 bits per heavy atom. The van der Waals surface area contributed by atoms with E-state index in [0.29, 0.717) is 22.2 Å². The van der Waals surface area contributed by atoms with Crippen LogP contribution >= 0.6 is 0 Å². The molecule has 32 heavy (non-hydrogen) atoms. The summed E-state index contributed by atoms with van der Waals surface area (Å²) in [6.45, 7) is 19.3. The van der Waals surface area contributed by atoms with Crippen LogP contribution in [0, 0.1) is 50.7 Å². The van der Waals surface area contributed by atoms with Gasteiger partial charge in [-0.25, -0.2) is 0 Å². The quantitative estimate of drug-likeness (QED) is 0.396. The van der Waals surface area contributed by atoms with Crippen molar-refractivity contribution in [1.29, 1.82) is 0 Å². The van der Waals surface area contributed by atoms with Crippen molar-refractivity contribution in [2.75, 3.05) is 0 Å². The molecule has 0 amide bonds. The van der Waals surface area contributed by atoms with E-state index < -0.39 is 5.41 Å². The lowest BCUT2D eigenvalue weighted by Gasteiger charge is -2.71. The van der Waals surface area contributed by atoms with Gasteiger partial charge in [0.2, 0.25) is 11.6 Å². The van der Waals surface area contributed by atoms with Crippen LogP contribution in [0.5, 0.6) is 0 Å². The van der Waals surface area contributed by atoms with Crippen LogP contribution in [0.1, 0.15) is 113 Å². The highest BCUT2D eigenvalue weighted by atomic mass is 16.2. The van der Waals surface area contributed by atoms with Crippen molar-refractivity contribution in [3.63, 3.8) is 0 Å². The van der Waals surface area contributed by atoms with Crippen LogP contribution in [-0.4, -0.2) is 11.6 Å². The Balaban J connectivity index is 1.62. The average Bonchev–Trinajstić information content (AvgIpc) is 2.89. The second-order valence-electron chi connectivity index (χ2n) is 14.4. The van der Waals surface area contributed by atoms with Gasteiger partial charge in [-0.3, -0.25) is 9.59 Å². The van der Waals surface area contributed by atoms with E-state index in [1.807, 2.05) is 0 Å². The zero-order chi connectivity index (χ0) is 23.5. The Hall–Kier alpha value is -0.920. The van der Waals surface area contributed by atoms with Crippen molar-refractivity contribution >= 4 is 11.6 Å². The van der Waals surface area contributed by atoms with E-state index in [-0.39, 0.29) is 22.9 Å². The normalized spacial score (nSPS) is 50.1. The first kappa shape index (κ1) is 22.9. The molecule has 0 saturated heterocycles. The summed E-state index contributed by atoms with van der Waals surface area (Å²) in [6.07, 6.45) is 11.2. The van der Waals surface area contributed by atoms with Gasteiger partial charge in [-0.15, -0.1) is 0 Å². The summed E-state index contributed by atoms with van der Waals surface area (Å²) in [5, 5.41) is 0. The molecule has 178 valence electrons. The standard InChI is InChI=1S/C30H46O2/c1-18(2)22-23-19-10-11-21-27(5)14-9-13-26(3,4)20(27)12-15-30(21,8)29(19,7)17-16-28(23,6)25(32)24(22)31/h18-21H,9-17H2,1-8H3/t19-,20+,21-,27+,28-,29-,30-/m1/s1. The molecule has 5 aliphatic carbocycles. The lowest BCUT2D eigenvalue weighted by atomic mass is 9.33. The lowest BCUT2D eigenvalue weighted by molar-refractivity contribution is -0.211. The Morgan fingerprint density at radius 3 is 2.09 bits per heavy atom. The van der Waals surface area contributed by atoms with Crippen molar-refractivity contribution in [3.05, 3.63) is 11.1 Å². The number of hydrogen-bond donors (Lipinski definition) is 0. The van der Waals surface area contributed by atoms with Crippen LogP contribution in [0.4, 0.5) is 0 Å². The van der Waals surface area contributed by atoms with E-state index in [4.69, 9.17) is 0 Å². The van der Waals surface area contributed by atoms with Gasteiger partial charge in [-0.1, -0.05) is 54.9 Å². The molecule has 0 bridgehead atoms. The zero-order valence-corrected chi connectivity index (χ0v) is 22.0. The summed E-state index contributed by atoms with van der Waals surface area (Å²) < 4.78 is 0. The van der Waals surface area contributed by atoms with Crippen molar-refractivity contribution in [2.24, 2.45) is 50.7 Å². The van der Waals surface area contributed by atoms with Crippen LogP contribution in [0.25, 0.3) is 0 Å². The zero-order valence-electron chi connectivity index (χ0n) is 22.0. The topological polar surface area (TPSA) is 34.1 Å². The number of allylic oxidation sites excluding steroid dienone is 2. The molecule has 0 spiro atoms. The Morgan fingerprint density at radius 1 is 0.750 bits per heavy atom. The molecule has 7 atom stereocenters. The van der Waals surface area contributed by atoms with Gasteiger partial charge in [-0.2, -0.15) is 0 Å². The number of hydrogen-bond acceptors (Lipinski definition) is 2. The molecule has 5 rings (SSSR count). The number of rotatable bonds is 1. The lowest BCUT2D eigenvalue weighted by Crippen LogP contribution is -2.64. The fourth-order valence-corrected chi connectivity index (χ4v) is 10.8. The van der Waals surface area contributed by atoms with Gasteiger partial charge in [-0.05, 0) is 109 Å². The molecule has 5 aliphatic rings. The highest BCUT2D eigenvalue weighted by Gasteiger charge is 2.69. The molecule has 0 aromatic heterocycles. The van der Waals surface area contributed by atoms with E-state index in [1.54, 1.807) is 0 Å². The first-order valence-electron chi connectivity index (χ1n) is 13.6. The van der Waals surface area contributed by atoms with Crippen LogP contribution < -0.4 is 0 Å². The molecule has 0 radical (unpaired) electrons. The first-order chi connectivity index (χ1) is 14.7. The number of ketones is 2. The maximum Gasteiger partial charge on any atom is 0.225 e. The second-order valence-corrected chi connectivity index (χ2v) is 14.4. The Bertz CT molecular complexity index is 908. The SMILES string of the molecule is CC(C)C1=C2[C@H]3CC[C@@H]4[C@@]5(C)CCCC(C)(C)[C@@H]5CC[C@@]4(C)[C@]3(C)CC[C@@]2(C)C(=O)C1=O. The molecule has 0 unspecified atom stereocenters. The number of carbonyl (C=O) groups excluding carboxylic acids is 2. The van der Waals surface area contributed by atoms with E-state index in [2.05, 4.69) is 55.4 Å². The summed E-state index contributed by atoms with van der Waals surface area (Å²) >= 11 is 0. The van der Waals surface area contributed by atoms with Crippen LogP contribution in [0.3, 0.4) is 0 Å². The maximum atomic E-state index is 13.2. The first-order valence-corrected chi connectivity index (χ1v) is 13.6. The maximum absolute atomic E-state index is 13.2. The van der Waals surface area contributed by atoms with Crippen molar-refractivity contribution in [2.45, 2.75) is 113 Å². The molecule has 0 aromatic carbocycles. The van der Waals surface area contributed by atoms with E-state index in [9.17, 15) is 9.59 Å². The average molecular weight is 439 g/mol. The second kappa shape index (κ2) is 6.60. The van der Waals surface area contributed by atoms with Crippen molar-refractivity contribution in [1.82, 2.24) is 0 Å². The number of fused-ring (bicyclic) bond motifs is 7. The predicted molar refractivity (Wildman–Crippen MR) is 130 cm³/mol. The number of Topliss-reactive ketones (excluding diaryl/α,β-unsaturated/α-hetero) is 2. The van der Waals surface area contributed by atoms with E-state index in [0.717, 1.165) is 30.3 Å². The molecule has 0 N–H and O–H groups in total. The largest absolute Gasteiger partial charge is 0.289 e. The van der Waals surface area contributed by atoms with Crippen molar-refractivity contribution in [3.8, 4) is 0 Å². The number of carbonyl (C=O) groups is 2. The van der Waals surface area contributed by atoms with Gasteiger partial charge in [0.1, 0.15) is 0 Å². The summed E-state index contributed by atoms with van der Waals surface area (Å²) in [7, 11) is 0. The van der Waals surface area contributed by atoms with Gasteiger partial charge in [0, 0.05) is 5.57 Å². The van der Waals surface area contributed by atoms with Gasteiger partial charge < -0.3 is 0 Å². The highest BCUT2D eigenvalue weighted by molar-refractivity contribution is 6.48. The highest BCUT2D eigenvalue weighted by Crippen LogP contribution is 2.76. The van der Waals surface area contributed by atoms with Gasteiger partial charge in [0.25, 0.3) is 0 Å². The fraction of sp³-hybridized carbons (Fsp3) is 0.867. The minimum absolute atomic E-state index is 0.102. The summed E-state index contributed by atoms with van der Waals surface area (Å²) in [6, 6.07) is 0. The molecular weight excluding hydrogens is 392 g/mol. The molecule has 0 heterocycles. The van der Waals surface area contributed by atoms with Crippen LogP contribution in [-0.2, 0) is 9.59 Å². The van der Waals surface area contributed by atoms with E-state index >= 15 is 0 Å². The minimum Gasteiger partial charge on any atom is -0.289 e. The molecular formula is C30H46O2. The predicted octanol–water partition coefficient (Wildman–Crippen LogP) is 7.56. The fourth-order valence-electron chi connectivity index (χ4n) is 10.8. The molecule has 0 aliphatic heterocycles. The summed E-state index contributed by atoms with van der Waals surface area (Å²) in [5.74, 6) is 1.87. The van der Waals surface area contributed by atoms with Gasteiger partial charge in [0.05, 0.1) is 5.41 Å². The third-order valence-electron chi connectivity index (χ3n) is 12.5. The molecule has 2 heteroatoms. The molecule has 0 aromatic rings. The molecule has 4 fully saturated rings. The summed E-state index contributed by atoms with van der Waals surface area (Å²) in [5.41, 5.74) is 3.01. The monoisotopic (exact) mass is 438 g/mol. The smallest absolute Gasteiger partial charge is 0.225 e. The third-order valence-corrected chi connectivity index (χ3v) is 12.5.